The second kappa shape index (κ2) is 10.6. The number of fused-ring (bicyclic) bond motifs is 2. The predicted octanol–water partition coefficient (Wildman–Crippen LogP) is 6.09. The summed E-state index contributed by atoms with van der Waals surface area (Å²) in [5, 5.41) is 0. The van der Waals surface area contributed by atoms with Crippen LogP contribution in [0.25, 0.3) is 0 Å². The largest absolute Gasteiger partial charge is 0.416 e. The first kappa shape index (κ1) is 24.7. The number of benzene rings is 3. The molecule has 0 N–H and O–H groups in total. The quantitative estimate of drug-likeness (QED) is 0.401. The Labute approximate surface area is 213 Å². The van der Waals surface area contributed by atoms with E-state index in [1.54, 1.807) is 6.07 Å². The van der Waals surface area contributed by atoms with Crippen molar-refractivity contribution in [2.45, 2.75) is 28.8 Å². The Morgan fingerprint density at radius 2 is 1.50 bits per heavy atom. The first-order valence-electron chi connectivity index (χ1n) is 12.2. The number of anilines is 2. The summed E-state index contributed by atoms with van der Waals surface area (Å²) in [6.45, 7) is 4.47. The molecule has 3 aromatic rings. The number of piperazine rings is 1. The van der Waals surface area contributed by atoms with Crippen LogP contribution in [-0.4, -0.2) is 55.0 Å². The zero-order valence-corrected chi connectivity index (χ0v) is 20.7. The molecular weight excluding hydrogens is 483 g/mol. The summed E-state index contributed by atoms with van der Waals surface area (Å²) in [6, 6.07) is 21.7. The van der Waals surface area contributed by atoms with Crippen LogP contribution < -0.4 is 4.90 Å². The summed E-state index contributed by atoms with van der Waals surface area (Å²) in [5.41, 5.74) is 1.97. The Morgan fingerprint density at radius 1 is 0.806 bits per heavy atom. The lowest BCUT2D eigenvalue weighted by Crippen LogP contribution is -2.49. The van der Waals surface area contributed by atoms with Crippen molar-refractivity contribution in [3.8, 4) is 0 Å². The van der Waals surface area contributed by atoms with Gasteiger partial charge in [-0.25, -0.2) is 0 Å². The molecule has 0 atom stereocenters. The summed E-state index contributed by atoms with van der Waals surface area (Å²) in [5.74, 6) is 0.153. The molecular formula is C28H28F3N3OS. The zero-order valence-electron chi connectivity index (χ0n) is 19.9. The average molecular weight is 512 g/mol. The van der Waals surface area contributed by atoms with E-state index in [2.05, 4.69) is 4.90 Å². The molecule has 0 aliphatic carbocycles. The zero-order chi connectivity index (χ0) is 25.1. The fourth-order valence-corrected chi connectivity index (χ4v) is 5.88. The maximum atomic E-state index is 13.4. The molecule has 0 bridgehead atoms. The van der Waals surface area contributed by atoms with Crippen molar-refractivity contribution >= 4 is 29.0 Å². The summed E-state index contributed by atoms with van der Waals surface area (Å²) in [4.78, 5) is 20.8. The van der Waals surface area contributed by atoms with Crippen LogP contribution in [0.2, 0.25) is 0 Å². The van der Waals surface area contributed by atoms with E-state index in [0.717, 1.165) is 53.2 Å². The molecule has 0 radical (unpaired) electrons. The Bertz CT molecular complexity index is 1210. The highest BCUT2D eigenvalue weighted by Gasteiger charge is 2.33. The molecule has 5 rings (SSSR count). The molecule has 188 valence electrons. The molecule has 4 nitrogen and oxygen atoms in total. The van der Waals surface area contributed by atoms with E-state index in [-0.39, 0.29) is 5.91 Å². The van der Waals surface area contributed by atoms with Gasteiger partial charge in [0.25, 0.3) is 0 Å². The molecule has 2 aliphatic rings. The van der Waals surface area contributed by atoms with Crippen LogP contribution in [0.1, 0.15) is 17.5 Å². The van der Waals surface area contributed by atoms with E-state index in [0.29, 0.717) is 31.7 Å². The van der Waals surface area contributed by atoms with Gasteiger partial charge in [0.05, 0.1) is 23.4 Å². The molecule has 1 saturated heterocycles. The Morgan fingerprint density at radius 3 is 2.25 bits per heavy atom. The van der Waals surface area contributed by atoms with Gasteiger partial charge in [0.15, 0.2) is 0 Å². The van der Waals surface area contributed by atoms with Crippen LogP contribution in [0.15, 0.2) is 82.6 Å². The van der Waals surface area contributed by atoms with Gasteiger partial charge in [-0.05, 0) is 48.9 Å². The predicted molar refractivity (Wildman–Crippen MR) is 137 cm³/mol. The van der Waals surface area contributed by atoms with Gasteiger partial charge < -0.3 is 9.80 Å². The number of carbonyl (C=O) groups is 1. The van der Waals surface area contributed by atoms with Gasteiger partial charge in [0.2, 0.25) is 5.91 Å². The van der Waals surface area contributed by atoms with Gasteiger partial charge in [-0.1, -0.05) is 54.2 Å². The van der Waals surface area contributed by atoms with Crippen LogP contribution in [-0.2, 0) is 17.4 Å². The molecule has 1 fully saturated rings. The highest BCUT2D eigenvalue weighted by atomic mass is 32.2. The average Bonchev–Trinajstić information content (AvgIpc) is 2.88. The van der Waals surface area contributed by atoms with Gasteiger partial charge in [-0.3, -0.25) is 9.69 Å². The lowest BCUT2D eigenvalue weighted by molar-refractivity contribution is -0.137. The highest BCUT2D eigenvalue weighted by molar-refractivity contribution is 7.99. The highest BCUT2D eigenvalue weighted by Crippen LogP contribution is 2.49. The molecule has 2 heterocycles. The minimum absolute atomic E-state index is 0.153. The van der Waals surface area contributed by atoms with E-state index >= 15 is 0 Å². The van der Waals surface area contributed by atoms with E-state index in [9.17, 15) is 18.0 Å². The van der Waals surface area contributed by atoms with Gasteiger partial charge in [0.1, 0.15) is 0 Å². The topological polar surface area (TPSA) is 26.8 Å². The smallest absolute Gasteiger partial charge is 0.340 e. The molecule has 2 aliphatic heterocycles. The molecule has 0 saturated carbocycles. The number of hydrogen-bond donors (Lipinski definition) is 0. The fraction of sp³-hybridized carbons (Fsp3) is 0.321. The number of para-hydroxylation sites is 1. The summed E-state index contributed by atoms with van der Waals surface area (Å²) in [7, 11) is 0. The monoisotopic (exact) mass is 511 g/mol. The lowest BCUT2D eigenvalue weighted by Gasteiger charge is -2.36. The third kappa shape index (κ3) is 5.55. The van der Waals surface area contributed by atoms with E-state index < -0.39 is 11.7 Å². The minimum atomic E-state index is -4.38. The molecule has 3 aromatic carbocycles. The number of nitrogens with zero attached hydrogens (tertiary/aromatic N) is 3. The SMILES string of the molecule is O=C(Cc1ccccc1)N1CCN(CCCN2c3ccccc3Sc3ccc(C(F)(F)F)cc32)CC1. The van der Waals surface area contributed by atoms with Crippen LogP contribution in [0.3, 0.4) is 0 Å². The van der Waals surface area contributed by atoms with Gasteiger partial charge >= 0.3 is 6.18 Å². The Balaban J connectivity index is 1.19. The normalized spacial score (nSPS) is 16.0. The van der Waals surface area contributed by atoms with Crippen molar-refractivity contribution in [2.75, 3.05) is 44.2 Å². The van der Waals surface area contributed by atoms with Crippen molar-refractivity contribution in [2.24, 2.45) is 0 Å². The van der Waals surface area contributed by atoms with Crippen LogP contribution in [0, 0.1) is 0 Å². The molecule has 8 heteroatoms. The van der Waals surface area contributed by atoms with Crippen molar-refractivity contribution in [3.05, 3.63) is 83.9 Å². The van der Waals surface area contributed by atoms with Crippen LogP contribution in [0.5, 0.6) is 0 Å². The Hall–Kier alpha value is -2.97. The molecule has 36 heavy (non-hydrogen) atoms. The first-order valence-corrected chi connectivity index (χ1v) is 13.0. The number of halogens is 3. The lowest BCUT2D eigenvalue weighted by atomic mass is 10.1. The number of carbonyl (C=O) groups excluding carboxylic acids is 1. The second-order valence-electron chi connectivity index (χ2n) is 9.14. The summed E-state index contributed by atoms with van der Waals surface area (Å²) < 4.78 is 40.3. The van der Waals surface area contributed by atoms with Crippen molar-refractivity contribution in [1.29, 1.82) is 0 Å². The van der Waals surface area contributed by atoms with E-state index in [1.807, 2.05) is 64.4 Å². The summed E-state index contributed by atoms with van der Waals surface area (Å²) >= 11 is 1.51. The third-order valence-electron chi connectivity index (χ3n) is 6.73. The number of rotatable bonds is 6. The number of alkyl halides is 3. The first-order chi connectivity index (χ1) is 17.4. The maximum absolute atomic E-state index is 13.4. The molecule has 0 aromatic heterocycles. The standard InChI is InChI=1S/C28H28F3N3OS/c29-28(30,31)22-11-12-26-24(20-22)34(23-9-4-5-10-25(23)36-26)14-6-13-32-15-17-33(18-16-32)27(35)19-21-7-2-1-3-8-21/h1-5,7-12,20H,6,13-19H2. The van der Waals surface area contributed by atoms with Crippen LogP contribution >= 0.6 is 11.8 Å². The number of hydrogen-bond acceptors (Lipinski definition) is 4. The molecule has 0 spiro atoms. The van der Waals surface area contributed by atoms with E-state index in [4.69, 9.17) is 0 Å². The fourth-order valence-electron chi connectivity index (χ4n) is 4.80. The molecule has 1 amide bonds. The van der Waals surface area contributed by atoms with Gasteiger partial charge in [0, 0.05) is 42.5 Å². The van der Waals surface area contributed by atoms with Crippen molar-refractivity contribution < 1.29 is 18.0 Å². The molecule has 0 unspecified atom stereocenters. The van der Waals surface area contributed by atoms with Crippen molar-refractivity contribution in [1.82, 2.24) is 9.80 Å². The van der Waals surface area contributed by atoms with Crippen LogP contribution in [0.4, 0.5) is 24.5 Å². The minimum Gasteiger partial charge on any atom is -0.340 e. The Kier molecular flexibility index (Phi) is 7.25. The van der Waals surface area contributed by atoms with E-state index in [1.165, 1.54) is 17.8 Å². The number of amides is 1. The third-order valence-corrected chi connectivity index (χ3v) is 7.86. The van der Waals surface area contributed by atoms with Gasteiger partial charge in [-0.15, -0.1) is 0 Å². The van der Waals surface area contributed by atoms with Crippen molar-refractivity contribution in [3.63, 3.8) is 0 Å². The second-order valence-corrected chi connectivity index (χ2v) is 10.2. The van der Waals surface area contributed by atoms with Gasteiger partial charge in [-0.2, -0.15) is 13.2 Å². The summed E-state index contributed by atoms with van der Waals surface area (Å²) in [6.07, 6.45) is -3.14. The maximum Gasteiger partial charge on any atom is 0.416 e.